The zero-order valence-corrected chi connectivity index (χ0v) is 12.6. The number of rotatable bonds is 3. The van der Waals surface area contributed by atoms with Crippen LogP contribution < -0.4 is 10.7 Å². The van der Waals surface area contributed by atoms with Crippen LogP contribution in [0, 0.1) is 0 Å². The topological polar surface area (TPSA) is 75.0 Å². The SMILES string of the molecule is Cn1c(SCC(=O)[O-])nc2sc3c(c2c1=O)CCCC3. The van der Waals surface area contributed by atoms with Crippen LogP contribution in [0.15, 0.2) is 9.95 Å². The van der Waals surface area contributed by atoms with Crippen LogP contribution in [0.2, 0.25) is 0 Å². The number of thioether (sulfide) groups is 1. The molecule has 0 aromatic carbocycles. The molecule has 0 radical (unpaired) electrons. The van der Waals surface area contributed by atoms with Crippen molar-refractivity contribution in [1.29, 1.82) is 0 Å². The molecule has 2 aromatic heterocycles. The summed E-state index contributed by atoms with van der Waals surface area (Å²) in [6.45, 7) is 0. The van der Waals surface area contributed by atoms with Crippen molar-refractivity contribution in [3.05, 3.63) is 20.8 Å². The normalized spacial score (nSPS) is 14.4. The Morgan fingerprint density at radius 2 is 2.20 bits per heavy atom. The van der Waals surface area contributed by atoms with E-state index in [2.05, 4.69) is 4.98 Å². The Morgan fingerprint density at radius 3 is 2.95 bits per heavy atom. The zero-order valence-electron chi connectivity index (χ0n) is 11.0. The number of aromatic nitrogens is 2. The van der Waals surface area contributed by atoms with Gasteiger partial charge in [-0.2, -0.15) is 0 Å². The lowest BCUT2D eigenvalue weighted by molar-refractivity contribution is -0.301. The number of aryl methyl sites for hydroxylation is 2. The third kappa shape index (κ3) is 2.25. The molecule has 0 unspecified atom stereocenters. The number of hydrogen-bond acceptors (Lipinski definition) is 6. The van der Waals surface area contributed by atoms with Crippen molar-refractivity contribution in [3.63, 3.8) is 0 Å². The summed E-state index contributed by atoms with van der Waals surface area (Å²) in [5.74, 6) is -1.36. The molecular formula is C13H13N2O3S2-. The quantitative estimate of drug-likeness (QED) is 0.617. The molecule has 2 heterocycles. The molecule has 0 fully saturated rings. The molecule has 3 rings (SSSR count). The number of carbonyl (C=O) groups excluding carboxylic acids is 1. The summed E-state index contributed by atoms with van der Waals surface area (Å²) in [4.78, 5) is 29.5. The Kier molecular flexibility index (Phi) is 3.55. The number of carboxylic acid groups (broad SMARTS) is 1. The van der Waals surface area contributed by atoms with Crippen molar-refractivity contribution in [2.24, 2.45) is 7.05 Å². The maximum Gasteiger partial charge on any atom is 0.262 e. The standard InChI is InChI=1S/C13H14N2O3S2/c1-15-12(18)10-7-4-2-3-5-8(7)20-11(10)14-13(15)19-6-9(16)17/h2-6H2,1H3,(H,16,17)/p-1. The minimum Gasteiger partial charge on any atom is -0.549 e. The smallest absolute Gasteiger partial charge is 0.262 e. The van der Waals surface area contributed by atoms with Gasteiger partial charge in [0.2, 0.25) is 0 Å². The Balaban J connectivity index is 2.14. The summed E-state index contributed by atoms with van der Waals surface area (Å²) in [6, 6.07) is 0. The van der Waals surface area contributed by atoms with E-state index in [4.69, 9.17) is 0 Å². The van der Waals surface area contributed by atoms with E-state index in [0.717, 1.165) is 53.2 Å². The van der Waals surface area contributed by atoms with Gasteiger partial charge >= 0.3 is 0 Å². The molecule has 0 aliphatic heterocycles. The summed E-state index contributed by atoms with van der Waals surface area (Å²) >= 11 is 2.60. The highest BCUT2D eigenvalue weighted by molar-refractivity contribution is 7.99. The van der Waals surface area contributed by atoms with Crippen molar-refractivity contribution in [1.82, 2.24) is 9.55 Å². The molecule has 20 heavy (non-hydrogen) atoms. The largest absolute Gasteiger partial charge is 0.549 e. The molecule has 5 nitrogen and oxygen atoms in total. The second-order valence-electron chi connectivity index (χ2n) is 4.81. The first-order chi connectivity index (χ1) is 9.58. The van der Waals surface area contributed by atoms with Gasteiger partial charge in [-0.1, -0.05) is 11.8 Å². The fourth-order valence-electron chi connectivity index (χ4n) is 2.52. The van der Waals surface area contributed by atoms with E-state index in [1.807, 2.05) is 0 Å². The number of thiophene rings is 1. The number of nitrogens with zero attached hydrogens (tertiary/aromatic N) is 2. The van der Waals surface area contributed by atoms with Crippen LogP contribution >= 0.6 is 23.1 Å². The Hall–Kier alpha value is -1.34. The van der Waals surface area contributed by atoms with E-state index in [1.165, 1.54) is 9.44 Å². The average molecular weight is 309 g/mol. The first kappa shape index (κ1) is 13.6. The van der Waals surface area contributed by atoms with Crippen LogP contribution in [-0.2, 0) is 24.7 Å². The van der Waals surface area contributed by atoms with E-state index in [1.54, 1.807) is 18.4 Å². The second-order valence-corrected chi connectivity index (χ2v) is 6.84. The van der Waals surface area contributed by atoms with Gasteiger partial charge in [0.05, 0.1) is 11.4 Å². The highest BCUT2D eigenvalue weighted by atomic mass is 32.2. The number of carboxylic acids is 1. The molecule has 0 amide bonds. The number of hydrogen-bond donors (Lipinski definition) is 0. The molecule has 1 aliphatic carbocycles. The second kappa shape index (κ2) is 5.21. The Bertz CT molecular complexity index is 748. The molecule has 0 bridgehead atoms. The molecule has 0 saturated heterocycles. The lowest BCUT2D eigenvalue weighted by Crippen LogP contribution is -2.26. The highest BCUT2D eigenvalue weighted by Gasteiger charge is 2.21. The maximum absolute atomic E-state index is 12.5. The minimum absolute atomic E-state index is 0.0738. The summed E-state index contributed by atoms with van der Waals surface area (Å²) in [6.07, 6.45) is 4.23. The van der Waals surface area contributed by atoms with Crippen molar-refractivity contribution < 1.29 is 9.90 Å². The summed E-state index contributed by atoms with van der Waals surface area (Å²) in [5.41, 5.74) is 1.08. The predicted molar refractivity (Wildman–Crippen MR) is 77.2 cm³/mol. The zero-order chi connectivity index (χ0) is 14.3. The molecule has 0 spiro atoms. The van der Waals surface area contributed by atoms with E-state index >= 15 is 0 Å². The van der Waals surface area contributed by atoms with E-state index in [0.29, 0.717) is 5.16 Å². The lowest BCUT2D eigenvalue weighted by atomic mass is 9.97. The van der Waals surface area contributed by atoms with E-state index in [-0.39, 0.29) is 11.3 Å². The third-order valence-electron chi connectivity index (χ3n) is 3.47. The summed E-state index contributed by atoms with van der Waals surface area (Å²) < 4.78 is 1.44. The van der Waals surface area contributed by atoms with Crippen LogP contribution in [0.5, 0.6) is 0 Å². The van der Waals surface area contributed by atoms with Gasteiger partial charge in [-0.25, -0.2) is 4.98 Å². The number of carbonyl (C=O) groups is 1. The summed E-state index contributed by atoms with van der Waals surface area (Å²) in [7, 11) is 1.64. The summed E-state index contributed by atoms with van der Waals surface area (Å²) in [5, 5.41) is 11.7. The molecule has 0 saturated carbocycles. The molecule has 0 atom stereocenters. The van der Waals surface area contributed by atoms with Gasteiger partial charge in [0.1, 0.15) is 4.83 Å². The predicted octanol–water partition coefficient (Wildman–Crippen LogP) is 0.716. The maximum atomic E-state index is 12.5. The van der Waals surface area contributed by atoms with Crippen LogP contribution in [-0.4, -0.2) is 21.3 Å². The monoisotopic (exact) mass is 309 g/mol. The van der Waals surface area contributed by atoms with Crippen molar-refractivity contribution in [3.8, 4) is 0 Å². The molecule has 7 heteroatoms. The van der Waals surface area contributed by atoms with Crippen molar-refractivity contribution in [2.75, 3.05) is 5.75 Å². The van der Waals surface area contributed by atoms with Gasteiger partial charge in [-0.15, -0.1) is 11.3 Å². The third-order valence-corrected chi connectivity index (χ3v) is 5.66. The van der Waals surface area contributed by atoms with E-state index < -0.39 is 5.97 Å². The van der Waals surface area contributed by atoms with Crippen LogP contribution in [0.3, 0.4) is 0 Å². The fraction of sp³-hybridized carbons (Fsp3) is 0.462. The first-order valence-corrected chi connectivity index (χ1v) is 8.22. The Labute approximate surface area is 123 Å². The lowest BCUT2D eigenvalue weighted by Gasteiger charge is -2.10. The van der Waals surface area contributed by atoms with Crippen molar-refractivity contribution >= 4 is 39.3 Å². The van der Waals surface area contributed by atoms with Gasteiger partial charge in [0, 0.05) is 17.7 Å². The fourth-order valence-corrected chi connectivity index (χ4v) is 4.51. The van der Waals surface area contributed by atoms with Crippen molar-refractivity contribution in [2.45, 2.75) is 30.8 Å². The molecule has 2 aromatic rings. The minimum atomic E-state index is -1.16. The first-order valence-electron chi connectivity index (χ1n) is 6.42. The van der Waals surface area contributed by atoms with Gasteiger partial charge < -0.3 is 9.90 Å². The van der Waals surface area contributed by atoms with Gasteiger partial charge in [-0.05, 0) is 31.2 Å². The number of fused-ring (bicyclic) bond motifs is 3. The molecule has 106 valence electrons. The van der Waals surface area contributed by atoms with E-state index in [9.17, 15) is 14.7 Å². The van der Waals surface area contributed by atoms with Crippen LogP contribution in [0.4, 0.5) is 0 Å². The Morgan fingerprint density at radius 1 is 1.45 bits per heavy atom. The molecule has 1 aliphatic rings. The van der Waals surface area contributed by atoms with Crippen LogP contribution in [0.1, 0.15) is 23.3 Å². The highest BCUT2D eigenvalue weighted by Crippen LogP contribution is 2.34. The van der Waals surface area contributed by atoms with Gasteiger partial charge in [0.15, 0.2) is 5.16 Å². The van der Waals surface area contributed by atoms with Crippen LogP contribution in [0.25, 0.3) is 10.2 Å². The van der Waals surface area contributed by atoms with Gasteiger partial charge in [-0.3, -0.25) is 9.36 Å². The average Bonchev–Trinajstić information content (AvgIpc) is 2.79. The van der Waals surface area contributed by atoms with Gasteiger partial charge in [0.25, 0.3) is 5.56 Å². The molecule has 0 N–H and O–H groups in total. The molecular weight excluding hydrogens is 296 g/mol. The number of aliphatic carboxylic acids is 1.